The van der Waals surface area contributed by atoms with E-state index in [2.05, 4.69) is 42.7 Å². The minimum Gasteiger partial charge on any atom is -0.384 e. The van der Waals surface area contributed by atoms with Gasteiger partial charge in [0.15, 0.2) is 0 Å². The molecule has 134 valence electrons. The van der Waals surface area contributed by atoms with Gasteiger partial charge in [-0.25, -0.2) is 0 Å². The van der Waals surface area contributed by atoms with E-state index in [1.54, 1.807) is 0 Å². The molecule has 1 aromatic carbocycles. The molecule has 1 saturated carbocycles. The quantitative estimate of drug-likeness (QED) is 0.758. The van der Waals surface area contributed by atoms with Gasteiger partial charge < -0.3 is 5.11 Å². The summed E-state index contributed by atoms with van der Waals surface area (Å²) in [5.74, 6) is 6.88. The van der Waals surface area contributed by atoms with Crippen molar-refractivity contribution in [2.24, 2.45) is 5.92 Å². The Labute approximate surface area is 154 Å². The Morgan fingerprint density at radius 2 is 1.67 bits per heavy atom. The largest absolute Gasteiger partial charge is 0.384 e. The smallest absolute Gasteiger partial charge is 0.103 e. The second kappa shape index (κ2) is 10.8. The van der Waals surface area contributed by atoms with Gasteiger partial charge in [-0.2, -0.15) is 0 Å². The molecule has 1 aliphatic carbocycles. The third-order valence-corrected chi connectivity index (χ3v) is 5.23. The van der Waals surface area contributed by atoms with Crippen molar-refractivity contribution in [3.05, 3.63) is 35.9 Å². The predicted molar refractivity (Wildman–Crippen MR) is 104 cm³/mol. The number of benzene rings is 1. The molecular formula is C21H32ClNO. The van der Waals surface area contributed by atoms with Crippen LogP contribution in [0.3, 0.4) is 0 Å². The Morgan fingerprint density at radius 1 is 1.04 bits per heavy atom. The average molecular weight is 350 g/mol. The van der Waals surface area contributed by atoms with Crippen molar-refractivity contribution in [3.8, 4) is 11.8 Å². The molecule has 0 spiro atoms. The van der Waals surface area contributed by atoms with Gasteiger partial charge in [0.05, 0.1) is 6.54 Å². The average Bonchev–Trinajstić information content (AvgIpc) is 2.63. The van der Waals surface area contributed by atoms with Gasteiger partial charge in [-0.15, -0.1) is 12.4 Å². The SMILES string of the molecule is CCN(CC)CC#CCC(O)(c1ccccc1)C1CCCCC1.Cl. The lowest BCUT2D eigenvalue weighted by Crippen LogP contribution is -2.36. The Morgan fingerprint density at radius 3 is 2.25 bits per heavy atom. The lowest BCUT2D eigenvalue weighted by molar-refractivity contribution is -0.0344. The molecule has 1 atom stereocenters. The van der Waals surface area contributed by atoms with E-state index < -0.39 is 5.60 Å². The normalized spacial score (nSPS) is 17.5. The van der Waals surface area contributed by atoms with Crippen molar-refractivity contribution in [2.45, 2.75) is 58.0 Å². The van der Waals surface area contributed by atoms with Crippen LogP contribution in [0.4, 0.5) is 0 Å². The molecule has 2 nitrogen and oxygen atoms in total. The van der Waals surface area contributed by atoms with Gasteiger partial charge in [0.2, 0.25) is 0 Å². The van der Waals surface area contributed by atoms with Gasteiger partial charge >= 0.3 is 0 Å². The van der Waals surface area contributed by atoms with E-state index in [-0.39, 0.29) is 12.4 Å². The standard InChI is InChI=1S/C21H31NO.ClH/c1-3-22(4-2)18-12-11-17-21(23,19-13-7-5-8-14-19)20-15-9-6-10-16-20;/h5,7-8,13-14,20,23H,3-4,6,9-10,15-18H2,1-2H3;1H. The number of nitrogens with zero attached hydrogens (tertiary/aromatic N) is 1. The summed E-state index contributed by atoms with van der Waals surface area (Å²) < 4.78 is 0. The summed E-state index contributed by atoms with van der Waals surface area (Å²) in [6.45, 7) is 7.16. The van der Waals surface area contributed by atoms with E-state index in [9.17, 15) is 5.11 Å². The summed E-state index contributed by atoms with van der Waals surface area (Å²) in [7, 11) is 0. The van der Waals surface area contributed by atoms with Crippen LogP contribution in [-0.4, -0.2) is 29.6 Å². The van der Waals surface area contributed by atoms with Crippen molar-refractivity contribution < 1.29 is 5.11 Å². The molecule has 0 bridgehead atoms. The van der Waals surface area contributed by atoms with Crippen molar-refractivity contribution in [1.29, 1.82) is 0 Å². The number of rotatable bonds is 6. The third-order valence-electron chi connectivity index (χ3n) is 5.23. The van der Waals surface area contributed by atoms with Gasteiger partial charge in [0, 0.05) is 6.42 Å². The summed E-state index contributed by atoms with van der Waals surface area (Å²) in [4.78, 5) is 2.30. The molecule has 0 heterocycles. The highest BCUT2D eigenvalue weighted by atomic mass is 35.5. The Kier molecular flexibility index (Phi) is 9.44. The second-order valence-electron chi connectivity index (χ2n) is 6.62. The fourth-order valence-electron chi connectivity index (χ4n) is 3.60. The molecule has 2 rings (SSSR count). The second-order valence-corrected chi connectivity index (χ2v) is 6.62. The van der Waals surface area contributed by atoms with E-state index in [1.807, 2.05) is 18.2 Å². The van der Waals surface area contributed by atoms with Crippen LogP contribution >= 0.6 is 12.4 Å². The van der Waals surface area contributed by atoms with Gasteiger partial charge in [0.25, 0.3) is 0 Å². The van der Waals surface area contributed by atoms with E-state index >= 15 is 0 Å². The van der Waals surface area contributed by atoms with Crippen molar-refractivity contribution in [2.75, 3.05) is 19.6 Å². The van der Waals surface area contributed by atoms with Crippen LogP contribution in [0.1, 0.15) is 57.9 Å². The van der Waals surface area contributed by atoms with Crippen molar-refractivity contribution in [1.82, 2.24) is 4.90 Å². The zero-order chi connectivity index (χ0) is 16.5. The lowest BCUT2D eigenvalue weighted by Gasteiger charge is -2.38. The Bertz CT molecular complexity index is 512. The number of hydrogen-bond donors (Lipinski definition) is 1. The van der Waals surface area contributed by atoms with Crippen molar-refractivity contribution in [3.63, 3.8) is 0 Å². The first-order valence-corrected chi connectivity index (χ1v) is 9.16. The van der Waals surface area contributed by atoms with Crippen LogP contribution in [0.2, 0.25) is 0 Å². The fourth-order valence-corrected chi connectivity index (χ4v) is 3.60. The first kappa shape index (κ1) is 21.0. The maximum absolute atomic E-state index is 11.5. The molecule has 1 N–H and O–H groups in total. The molecule has 0 aliphatic heterocycles. The molecule has 0 aromatic heterocycles. The fraction of sp³-hybridized carbons (Fsp3) is 0.619. The van der Waals surface area contributed by atoms with Crippen LogP contribution in [0.15, 0.2) is 30.3 Å². The molecule has 1 aromatic rings. The molecule has 0 saturated heterocycles. The van der Waals surface area contributed by atoms with E-state index in [4.69, 9.17) is 0 Å². The molecule has 0 radical (unpaired) electrons. The van der Waals surface area contributed by atoms with Crippen molar-refractivity contribution >= 4 is 12.4 Å². The lowest BCUT2D eigenvalue weighted by atomic mass is 9.72. The van der Waals surface area contributed by atoms with Gasteiger partial charge in [0.1, 0.15) is 5.60 Å². The van der Waals surface area contributed by atoms with Gasteiger partial charge in [-0.1, -0.05) is 75.3 Å². The summed E-state index contributed by atoms with van der Waals surface area (Å²) >= 11 is 0. The van der Waals surface area contributed by atoms with Crippen LogP contribution < -0.4 is 0 Å². The number of hydrogen-bond acceptors (Lipinski definition) is 2. The molecule has 24 heavy (non-hydrogen) atoms. The van der Waals surface area contributed by atoms with Crippen LogP contribution in [0.25, 0.3) is 0 Å². The summed E-state index contributed by atoms with van der Waals surface area (Å²) in [5.41, 5.74) is 0.238. The first-order chi connectivity index (χ1) is 11.2. The maximum atomic E-state index is 11.5. The highest BCUT2D eigenvalue weighted by molar-refractivity contribution is 5.85. The summed E-state index contributed by atoms with van der Waals surface area (Å²) in [6.07, 6.45) is 6.53. The third kappa shape index (κ3) is 5.52. The van der Waals surface area contributed by atoms with E-state index in [0.29, 0.717) is 12.3 Å². The molecule has 3 heteroatoms. The number of aliphatic hydroxyl groups is 1. The van der Waals surface area contributed by atoms with E-state index in [1.165, 1.54) is 19.3 Å². The predicted octanol–water partition coefficient (Wildman–Crippen LogP) is 4.61. The molecule has 0 amide bonds. The molecule has 1 unspecified atom stereocenters. The number of halogens is 1. The topological polar surface area (TPSA) is 23.5 Å². The zero-order valence-corrected chi connectivity index (χ0v) is 15.9. The Hall–Kier alpha value is -1.01. The maximum Gasteiger partial charge on any atom is 0.103 e. The summed E-state index contributed by atoms with van der Waals surface area (Å²) in [6, 6.07) is 10.2. The zero-order valence-electron chi connectivity index (χ0n) is 15.1. The summed E-state index contributed by atoms with van der Waals surface area (Å²) in [5, 5.41) is 11.5. The van der Waals surface area contributed by atoms with Crippen LogP contribution in [0.5, 0.6) is 0 Å². The Balaban J connectivity index is 0.00000288. The van der Waals surface area contributed by atoms with Crippen LogP contribution in [-0.2, 0) is 5.60 Å². The minimum atomic E-state index is -0.794. The highest BCUT2D eigenvalue weighted by Gasteiger charge is 2.38. The van der Waals surface area contributed by atoms with Gasteiger partial charge in [-0.3, -0.25) is 4.90 Å². The van der Waals surface area contributed by atoms with Gasteiger partial charge in [-0.05, 0) is 37.4 Å². The first-order valence-electron chi connectivity index (χ1n) is 9.16. The highest BCUT2D eigenvalue weighted by Crippen LogP contribution is 2.41. The van der Waals surface area contributed by atoms with Crippen LogP contribution in [0, 0.1) is 17.8 Å². The monoisotopic (exact) mass is 349 g/mol. The molecule has 1 aliphatic rings. The van der Waals surface area contributed by atoms with E-state index in [0.717, 1.165) is 38.0 Å². The molecular weight excluding hydrogens is 318 g/mol. The minimum absolute atomic E-state index is 0. The molecule has 1 fully saturated rings.